The number of rotatable bonds is 8. The van der Waals surface area contributed by atoms with Gasteiger partial charge in [0.1, 0.15) is 12.3 Å². The second kappa shape index (κ2) is 17.5. The Labute approximate surface area is 287 Å². The van der Waals surface area contributed by atoms with E-state index in [1.165, 1.54) is 55.8 Å². The van der Waals surface area contributed by atoms with E-state index < -0.39 is 15.8 Å². The van der Waals surface area contributed by atoms with E-state index in [4.69, 9.17) is 0 Å². The van der Waals surface area contributed by atoms with Crippen molar-refractivity contribution in [2.75, 3.05) is 12.3 Å². The summed E-state index contributed by atoms with van der Waals surface area (Å²) in [5.41, 5.74) is 7.44. The Morgan fingerprint density at radius 1 is 0.400 bits per heavy atom. The molecule has 0 atom stereocenters. The number of aryl methyl sites for hydroxylation is 4. The van der Waals surface area contributed by atoms with Crippen LogP contribution in [0.2, 0.25) is 0 Å². The molecule has 0 aromatic heterocycles. The molecule has 0 fully saturated rings. The summed E-state index contributed by atoms with van der Waals surface area (Å²) in [5, 5.41) is 6.06. The van der Waals surface area contributed by atoms with Crippen LogP contribution >= 0.6 is 15.8 Å². The fraction of sp³-hybridized carbons (Fsp3) is 0.143. The number of hydrogen-bond donors (Lipinski definition) is 0. The van der Waals surface area contributed by atoms with Gasteiger partial charge < -0.3 is 0 Å². The first kappa shape index (κ1) is 34.7. The summed E-state index contributed by atoms with van der Waals surface area (Å²) in [5.74, 6) is 0. The maximum atomic E-state index is 3.31. The molecule has 0 amide bonds. The van der Waals surface area contributed by atoms with Gasteiger partial charge in [-0.2, -0.15) is 36.4 Å². The summed E-state index contributed by atoms with van der Waals surface area (Å²) >= 11 is 0. The molecule has 3 heteroatoms. The topological polar surface area (TPSA) is 0 Å². The molecule has 0 N–H and O–H groups in total. The molecule has 0 nitrogen and oxygen atoms in total. The molecule has 0 aliphatic heterocycles. The molecule has 45 heavy (non-hydrogen) atoms. The number of hydrogen-bond acceptors (Lipinski definition) is 0. The van der Waals surface area contributed by atoms with Gasteiger partial charge in [0, 0.05) is 0 Å². The van der Waals surface area contributed by atoms with Crippen molar-refractivity contribution in [2.24, 2.45) is 0 Å². The third-order valence-corrected chi connectivity index (χ3v) is 14.4. The zero-order valence-electron chi connectivity index (χ0n) is 26.6. The normalized spacial score (nSPS) is 10.6. The van der Waals surface area contributed by atoms with E-state index >= 15 is 0 Å². The fourth-order valence-electron chi connectivity index (χ4n) is 5.37. The van der Waals surface area contributed by atoms with Crippen molar-refractivity contribution in [3.8, 4) is 11.1 Å². The van der Waals surface area contributed by atoms with Crippen LogP contribution in [0.3, 0.4) is 0 Å². The fourth-order valence-corrected chi connectivity index (χ4v) is 11.6. The Hall–Kier alpha value is -3.13. The average molecular weight is 804 g/mol. The Morgan fingerprint density at radius 3 is 0.911 bits per heavy atom. The molecular formula is C42H42P2Pt+2. The van der Waals surface area contributed by atoms with Crippen LogP contribution in [-0.2, 0) is 21.1 Å². The Bertz CT molecular complexity index is 1530. The molecular weight excluding hydrogens is 761 g/mol. The van der Waals surface area contributed by atoms with Gasteiger partial charge in [-0.05, 0) is 48.5 Å². The first-order valence-corrected chi connectivity index (χ1v) is 18.8. The van der Waals surface area contributed by atoms with E-state index in [1.807, 2.05) is 12.1 Å². The van der Waals surface area contributed by atoms with E-state index in [-0.39, 0.29) is 21.1 Å². The molecule has 228 valence electrons. The largest absolute Gasteiger partial charge is 2.00 e. The Balaban J connectivity index is 0.000000231. The Morgan fingerprint density at radius 2 is 0.667 bits per heavy atom. The van der Waals surface area contributed by atoms with Crippen LogP contribution in [0.1, 0.15) is 22.3 Å². The van der Waals surface area contributed by atoms with E-state index in [2.05, 4.69) is 173 Å². The van der Waals surface area contributed by atoms with Gasteiger partial charge in [0.05, 0.1) is 37.1 Å². The molecule has 0 saturated carbocycles. The van der Waals surface area contributed by atoms with Crippen LogP contribution in [0.25, 0.3) is 11.1 Å². The predicted octanol–water partition coefficient (Wildman–Crippen LogP) is 8.90. The molecule has 0 radical (unpaired) electrons. The summed E-state index contributed by atoms with van der Waals surface area (Å²) in [6, 6.07) is 59.6. The second-order valence-electron chi connectivity index (χ2n) is 11.3. The summed E-state index contributed by atoms with van der Waals surface area (Å²) < 4.78 is 0. The van der Waals surface area contributed by atoms with Crippen LogP contribution in [0.4, 0.5) is 0 Å². The third-order valence-electron chi connectivity index (χ3n) is 8.26. The van der Waals surface area contributed by atoms with Gasteiger partial charge in [-0.3, -0.25) is 0 Å². The first-order valence-electron chi connectivity index (χ1n) is 15.4. The molecule has 0 heterocycles. The zero-order valence-corrected chi connectivity index (χ0v) is 30.9. The molecule has 0 aliphatic rings. The van der Waals surface area contributed by atoms with Crippen LogP contribution in [0.15, 0.2) is 146 Å². The molecule has 0 aliphatic carbocycles. The Kier molecular flexibility index (Phi) is 13.5. The van der Waals surface area contributed by atoms with E-state index in [0.29, 0.717) is 0 Å². The summed E-state index contributed by atoms with van der Waals surface area (Å²) in [7, 11) is -1.57. The molecule has 6 aromatic carbocycles. The molecule has 0 saturated heterocycles. The van der Waals surface area contributed by atoms with Crippen LogP contribution < -0.4 is 21.2 Å². The van der Waals surface area contributed by atoms with E-state index in [9.17, 15) is 0 Å². The van der Waals surface area contributed by atoms with Crippen LogP contribution in [0, 0.1) is 39.8 Å². The van der Waals surface area contributed by atoms with E-state index in [0.717, 1.165) is 11.1 Å². The third kappa shape index (κ3) is 9.68. The van der Waals surface area contributed by atoms with Crippen molar-refractivity contribution >= 4 is 37.1 Å². The van der Waals surface area contributed by atoms with Gasteiger partial charge in [-0.1, -0.05) is 100 Å². The van der Waals surface area contributed by atoms with E-state index in [1.54, 1.807) is 0 Å². The molecule has 0 spiro atoms. The predicted molar refractivity (Wildman–Crippen MR) is 199 cm³/mol. The maximum absolute atomic E-state index is 3.31. The van der Waals surface area contributed by atoms with Gasteiger partial charge in [-0.25, -0.2) is 11.1 Å². The van der Waals surface area contributed by atoms with Crippen LogP contribution in [-0.4, -0.2) is 12.3 Å². The maximum Gasteiger partial charge on any atom is 2.00 e. The molecule has 6 rings (SSSR count). The minimum atomic E-state index is -0.783. The van der Waals surface area contributed by atoms with Crippen molar-refractivity contribution in [3.63, 3.8) is 0 Å². The van der Waals surface area contributed by atoms with Gasteiger partial charge in [-0.15, -0.1) is 22.3 Å². The van der Waals surface area contributed by atoms with Crippen molar-refractivity contribution in [1.29, 1.82) is 0 Å². The van der Waals surface area contributed by atoms with Crippen molar-refractivity contribution in [1.82, 2.24) is 0 Å². The molecule has 6 aromatic rings. The number of benzene rings is 6. The standard InChI is InChI=1S/C26H24P2.C16H16.Pt/c1-5-13-23(14-6-1)27(24-15-7-2-8-16-24)21-22-28(25-17-9-3-10-18-25)26-19-11-4-12-20-26;1-11-5-7-15(9-13(11)3)16-8-6-12(2)14(4)10-16;/h1-20H,21-22H2;5-6,9-10H,1-4H3;/q;-2;+2/p+2. The van der Waals surface area contributed by atoms with Crippen molar-refractivity contribution in [2.45, 2.75) is 27.7 Å². The SMILES string of the molecule is Cc1c[c-]c(-c2[c-]cc(C)c(C)c2)cc1C.[Pt+2].c1ccc([PH+](CC[PH+](c2ccccc2)c2ccccc2)c2ccccc2)cc1. The average Bonchev–Trinajstić information content (AvgIpc) is 3.08. The second-order valence-corrected chi connectivity index (χ2v) is 16.6. The summed E-state index contributed by atoms with van der Waals surface area (Å²) in [4.78, 5) is 0. The molecule has 0 unspecified atom stereocenters. The van der Waals surface area contributed by atoms with Gasteiger partial charge in [0.2, 0.25) is 0 Å². The minimum absolute atomic E-state index is 0. The first-order chi connectivity index (χ1) is 21.5. The van der Waals surface area contributed by atoms with Gasteiger partial charge in [0.25, 0.3) is 0 Å². The molecule has 0 bridgehead atoms. The van der Waals surface area contributed by atoms with Gasteiger partial charge in [0.15, 0.2) is 0 Å². The van der Waals surface area contributed by atoms with Crippen molar-refractivity contribution in [3.05, 3.63) is 180 Å². The zero-order chi connectivity index (χ0) is 30.7. The van der Waals surface area contributed by atoms with Gasteiger partial charge >= 0.3 is 21.1 Å². The monoisotopic (exact) mass is 803 g/mol. The minimum Gasteiger partial charge on any atom is -0.226 e. The van der Waals surface area contributed by atoms with Crippen LogP contribution in [0.5, 0.6) is 0 Å². The van der Waals surface area contributed by atoms with Crippen molar-refractivity contribution < 1.29 is 21.1 Å². The quantitative estimate of drug-likeness (QED) is 0.107. The summed E-state index contributed by atoms with van der Waals surface area (Å²) in [6.45, 7) is 8.49. The summed E-state index contributed by atoms with van der Waals surface area (Å²) in [6.07, 6.45) is 2.52. The smallest absolute Gasteiger partial charge is 0.226 e.